The average molecular weight is 424 g/mol. The molecule has 2 aliphatic heterocycles. The number of cyclic esters (lactones) is 1. The smallest absolute Gasteiger partial charge is 0.333 e. The molecule has 2 aromatic heterocycles. The van der Waals surface area contributed by atoms with E-state index < -0.39 is 0 Å². The second-order valence-corrected chi connectivity index (χ2v) is 8.53. The van der Waals surface area contributed by atoms with Crippen molar-refractivity contribution in [2.75, 3.05) is 6.61 Å². The van der Waals surface area contributed by atoms with Crippen LogP contribution in [0.25, 0.3) is 5.82 Å². The molecule has 2 aromatic rings. The minimum absolute atomic E-state index is 0.0896. The molecule has 1 amide bonds. The molecule has 1 N–H and O–H groups in total. The van der Waals surface area contributed by atoms with Crippen molar-refractivity contribution in [3.8, 4) is 5.82 Å². The Kier molecular flexibility index (Phi) is 4.97. The Balaban J connectivity index is 1.16. The maximum Gasteiger partial charge on any atom is 0.333 e. The first-order chi connectivity index (χ1) is 15.0. The third-order valence-electron chi connectivity index (χ3n) is 6.55. The van der Waals surface area contributed by atoms with Crippen molar-refractivity contribution < 1.29 is 14.3 Å². The number of hydrogen-bond acceptors (Lipinski definition) is 9. The van der Waals surface area contributed by atoms with E-state index in [4.69, 9.17) is 4.74 Å². The highest BCUT2D eigenvalue weighted by atomic mass is 16.5. The van der Waals surface area contributed by atoms with E-state index in [1.54, 1.807) is 17.3 Å². The molecular formula is C20H24N8O3. The molecule has 1 spiro atoms. The Labute approximate surface area is 178 Å². The Morgan fingerprint density at radius 3 is 2.71 bits per heavy atom. The van der Waals surface area contributed by atoms with E-state index >= 15 is 0 Å². The minimum atomic E-state index is -0.363. The molecule has 0 bridgehead atoms. The molecule has 4 heterocycles. The van der Waals surface area contributed by atoms with Crippen LogP contribution in [0.2, 0.25) is 0 Å². The predicted molar refractivity (Wildman–Crippen MR) is 106 cm³/mol. The molecule has 1 atom stereocenters. The van der Waals surface area contributed by atoms with Gasteiger partial charge in [0.05, 0.1) is 29.2 Å². The summed E-state index contributed by atoms with van der Waals surface area (Å²) in [6.07, 6.45) is 10.6. The first-order valence-corrected chi connectivity index (χ1v) is 10.5. The second kappa shape index (κ2) is 7.80. The summed E-state index contributed by atoms with van der Waals surface area (Å²) in [7, 11) is 0. The van der Waals surface area contributed by atoms with E-state index in [1.807, 2.05) is 0 Å². The van der Waals surface area contributed by atoms with Crippen molar-refractivity contribution in [1.29, 1.82) is 0 Å². The number of aromatic nitrogens is 6. The molecule has 11 nitrogen and oxygen atoms in total. The van der Waals surface area contributed by atoms with Crippen LogP contribution >= 0.6 is 0 Å². The van der Waals surface area contributed by atoms with Crippen molar-refractivity contribution in [3.63, 3.8) is 0 Å². The average Bonchev–Trinajstić information content (AvgIpc) is 3.50. The van der Waals surface area contributed by atoms with Crippen LogP contribution < -0.4 is 5.32 Å². The molecule has 0 radical (unpaired) electrons. The van der Waals surface area contributed by atoms with Crippen molar-refractivity contribution in [2.45, 2.75) is 57.7 Å². The molecule has 0 aromatic carbocycles. The van der Waals surface area contributed by atoms with Gasteiger partial charge in [-0.05, 0) is 49.5 Å². The molecule has 0 unspecified atom stereocenters. The summed E-state index contributed by atoms with van der Waals surface area (Å²) in [6.45, 7) is 2.87. The minimum Gasteiger partial charge on any atom is -0.456 e. The fourth-order valence-corrected chi connectivity index (χ4v) is 4.98. The van der Waals surface area contributed by atoms with Gasteiger partial charge in [0.2, 0.25) is 5.91 Å². The highest BCUT2D eigenvalue weighted by Gasteiger charge is 2.52. The molecule has 5 rings (SSSR count). The number of tetrazole rings is 1. The summed E-state index contributed by atoms with van der Waals surface area (Å²) in [4.78, 5) is 35.3. The maximum atomic E-state index is 13.3. The molecule has 11 heteroatoms. The summed E-state index contributed by atoms with van der Waals surface area (Å²) in [6, 6.07) is 0.422. The van der Waals surface area contributed by atoms with Gasteiger partial charge in [0.1, 0.15) is 12.9 Å². The normalized spacial score (nSPS) is 28.3. The molecule has 31 heavy (non-hydrogen) atoms. The monoisotopic (exact) mass is 424 g/mol. The molecular weight excluding hydrogens is 400 g/mol. The van der Waals surface area contributed by atoms with Gasteiger partial charge >= 0.3 is 5.97 Å². The van der Waals surface area contributed by atoms with Gasteiger partial charge in [-0.2, -0.15) is 4.68 Å². The summed E-state index contributed by atoms with van der Waals surface area (Å²) >= 11 is 0. The molecule has 2 fully saturated rings. The van der Waals surface area contributed by atoms with Gasteiger partial charge in [-0.25, -0.2) is 9.78 Å². The van der Waals surface area contributed by atoms with Crippen LogP contribution in [0.15, 0.2) is 30.5 Å². The van der Waals surface area contributed by atoms with Crippen molar-refractivity contribution in [3.05, 3.63) is 36.2 Å². The number of nitrogens with zero attached hydrogens (tertiary/aromatic N) is 7. The highest BCUT2D eigenvalue weighted by molar-refractivity contribution is 5.91. The largest absolute Gasteiger partial charge is 0.456 e. The zero-order valence-corrected chi connectivity index (χ0v) is 17.3. The van der Waals surface area contributed by atoms with Crippen LogP contribution in [0, 0.1) is 5.41 Å². The van der Waals surface area contributed by atoms with Gasteiger partial charge in [-0.1, -0.05) is 0 Å². The summed E-state index contributed by atoms with van der Waals surface area (Å²) in [5.74, 6) is 0.348. The number of likely N-dealkylation sites (tertiary alicyclic amines) is 1. The van der Waals surface area contributed by atoms with Crippen molar-refractivity contribution in [1.82, 2.24) is 40.4 Å². The zero-order chi connectivity index (χ0) is 21.4. The van der Waals surface area contributed by atoms with E-state index in [0.717, 1.165) is 37.8 Å². The fraction of sp³-hybridized carbons (Fsp3) is 0.550. The van der Waals surface area contributed by atoms with E-state index in [2.05, 4.69) is 37.7 Å². The molecule has 1 saturated carbocycles. The molecule has 1 aliphatic carbocycles. The van der Waals surface area contributed by atoms with Crippen LogP contribution in [-0.2, 0) is 20.9 Å². The number of carbonyl (C=O) groups excluding carboxylic acids is 2. The topological polar surface area (TPSA) is 128 Å². The standard InChI is InChI=1S/C20H24N8O3/c1-13-7-20(19(30)28(13)16-6-18(29)31-11-16)4-2-14(3-5-20)21-8-15-9-23-17(10-22-15)27-12-24-25-26-27/h6,9-10,12-14,21H,2-5,7-8,11H2,1H3/t13-,14-,20-/m1/s1. The zero-order valence-electron chi connectivity index (χ0n) is 17.3. The highest BCUT2D eigenvalue weighted by Crippen LogP contribution is 2.48. The van der Waals surface area contributed by atoms with Gasteiger partial charge in [-0.3, -0.25) is 9.78 Å². The number of hydrogen-bond donors (Lipinski definition) is 1. The number of rotatable bonds is 5. The lowest BCUT2D eigenvalue weighted by atomic mass is 9.70. The fourth-order valence-electron chi connectivity index (χ4n) is 4.98. The SMILES string of the molecule is C[C@@H]1C[C@]2(CC[C@@H](NCc3cnc(-n4cnnn4)cn3)CC2)C(=O)N1C1=CC(=O)OC1. The van der Waals surface area contributed by atoms with Gasteiger partial charge in [0, 0.05) is 24.7 Å². The number of esters is 1. The van der Waals surface area contributed by atoms with Gasteiger partial charge in [0.25, 0.3) is 0 Å². The lowest BCUT2D eigenvalue weighted by Gasteiger charge is -2.36. The Bertz CT molecular complexity index is 996. The van der Waals surface area contributed by atoms with Crippen molar-refractivity contribution in [2.24, 2.45) is 5.41 Å². The van der Waals surface area contributed by atoms with E-state index in [9.17, 15) is 9.59 Å². The molecule has 162 valence electrons. The first-order valence-electron chi connectivity index (χ1n) is 10.5. The Hall–Kier alpha value is -3.21. The summed E-state index contributed by atoms with van der Waals surface area (Å²) in [5, 5.41) is 14.5. The van der Waals surface area contributed by atoms with Gasteiger partial charge in [0.15, 0.2) is 5.82 Å². The summed E-state index contributed by atoms with van der Waals surface area (Å²) < 4.78 is 6.47. The van der Waals surface area contributed by atoms with Gasteiger partial charge in [-0.15, -0.1) is 5.10 Å². The third kappa shape index (κ3) is 3.69. The molecule has 3 aliphatic rings. The second-order valence-electron chi connectivity index (χ2n) is 8.53. The van der Waals surface area contributed by atoms with Crippen LogP contribution in [-0.4, -0.2) is 65.6 Å². The Morgan fingerprint density at radius 2 is 2.06 bits per heavy atom. The van der Waals surface area contributed by atoms with E-state index in [0.29, 0.717) is 24.1 Å². The number of amides is 1. The van der Waals surface area contributed by atoms with Crippen LogP contribution in [0.5, 0.6) is 0 Å². The van der Waals surface area contributed by atoms with Gasteiger partial charge < -0.3 is 15.0 Å². The van der Waals surface area contributed by atoms with Crippen LogP contribution in [0.3, 0.4) is 0 Å². The van der Waals surface area contributed by atoms with Crippen molar-refractivity contribution >= 4 is 11.9 Å². The predicted octanol–water partition coefficient (Wildman–Crippen LogP) is 0.532. The first kappa shape index (κ1) is 19.7. The number of carbonyl (C=O) groups is 2. The third-order valence-corrected chi connectivity index (χ3v) is 6.55. The Morgan fingerprint density at radius 1 is 1.23 bits per heavy atom. The lowest BCUT2D eigenvalue weighted by molar-refractivity contribution is -0.138. The quantitative estimate of drug-likeness (QED) is 0.684. The van der Waals surface area contributed by atoms with E-state index in [-0.39, 0.29) is 29.9 Å². The van der Waals surface area contributed by atoms with E-state index in [1.165, 1.54) is 17.1 Å². The summed E-state index contributed by atoms with van der Waals surface area (Å²) in [5.41, 5.74) is 1.21. The van der Waals surface area contributed by atoms with Crippen LogP contribution in [0.1, 0.15) is 44.7 Å². The lowest BCUT2D eigenvalue weighted by Crippen LogP contribution is -2.42. The maximum absolute atomic E-state index is 13.3. The number of ether oxygens (including phenoxy) is 1. The number of nitrogens with one attached hydrogen (secondary N) is 1. The van der Waals surface area contributed by atoms with Crippen LogP contribution in [0.4, 0.5) is 0 Å². The molecule has 1 saturated heterocycles.